The lowest BCUT2D eigenvalue weighted by Crippen LogP contribution is -2.56. The highest BCUT2D eigenvalue weighted by Gasteiger charge is 2.57. The predicted octanol–water partition coefficient (Wildman–Crippen LogP) is 1.59. The van der Waals surface area contributed by atoms with Gasteiger partial charge in [0.25, 0.3) is 0 Å². The Labute approximate surface area is 96.4 Å². The SMILES string of the molecule is C=CC(=O)N1CCOC(C2CC2)(C2CC2)C1. The van der Waals surface area contributed by atoms with Crippen LogP contribution in [0.3, 0.4) is 0 Å². The van der Waals surface area contributed by atoms with Crippen LogP contribution in [-0.4, -0.2) is 36.1 Å². The van der Waals surface area contributed by atoms with Gasteiger partial charge in [0.05, 0.1) is 18.8 Å². The Kier molecular flexibility index (Phi) is 2.32. The summed E-state index contributed by atoms with van der Waals surface area (Å²) in [5.41, 5.74) is 0.0108. The predicted molar refractivity (Wildman–Crippen MR) is 60.9 cm³/mol. The molecule has 3 nitrogen and oxygen atoms in total. The first-order valence-electron chi connectivity index (χ1n) is 6.31. The van der Waals surface area contributed by atoms with Gasteiger partial charge in [-0.3, -0.25) is 4.79 Å². The number of ether oxygens (including phenoxy) is 1. The van der Waals surface area contributed by atoms with E-state index in [2.05, 4.69) is 6.58 Å². The van der Waals surface area contributed by atoms with Gasteiger partial charge in [-0.15, -0.1) is 0 Å². The molecule has 3 aliphatic rings. The molecule has 0 radical (unpaired) electrons. The summed E-state index contributed by atoms with van der Waals surface area (Å²) in [6.45, 7) is 5.80. The molecule has 88 valence electrons. The molecule has 16 heavy (non-hydrogen) atoms. The molecule has 1 heterocycles. The zero-order valence-corrected chi connectivity index (χ0v) is 9.65. The molecule has 0 aromatic carbocycles. The summed E-state index contributed by atoms with van der Waals surface area (Å²) >= 11 is 0. The minimum Gasteiger partial charge on any atom is -0.371 e. The summed E-state index contributed by atoms with van der Waals surface area (Å²) in [5, 5.41) is 0. The molecule has 3 rings (SSSR count). The van der Waals surface area contributed by atoms with Crippen molar-refractivity contribution in [2.75, 3.05) is 19.7 Å². The Balaban J connectivity index is 1.78. The number of rotatable bonds is 3. The van der Waals surface area contributed by atoms with Crippen molar-refractivity contribution < 1.29 is 9.53 Å². The largest absolute Gasteiger partial charge is 0.371 e. The average Bonchev–Trinajstić information content (AvgIpc) is 3.20. The highest BCUT2D eigenvalue weighted by atomic mass is 16.5. The normalized spacial score (nSPS) is 28.9. The second-order valence-electron chi connectivity index (χ2n) is 5.32. The molecule has 0 aromatic rings. The fourth-order valence-corrected chi connectivity index (χ4v) is 3.06. The second kappa shape index (κ2) is 3.59. The molecule has 3 fully saturated rings. The minimum absolute atomic E-state index is 0.0108. The number of hydrogen-bond acceptors (Lipinski definition) is 2. The molecule has 2 saturated carbocycles. The van der Waals surface area contributed by atoms with Crippen molar-refractivity contribution >= 4 is 5.91 Å². The first-order valence-corrected chi connectivity index (χ1v) is 6.31. The fraction of sp³-hybridized carbons (Fsp3) is 0.769. The lowest BCUT2D eigenvalue weighted by molar-refractivity contribution is -0.156. The van der Waals surface area contributed by atoms with Crippen LogP contribution < -0.4 is 0 Å². The van der Waals surface area contributed by atoms with E-state index in [1.54, 1.807) is 0 Å². The van der Waals surface area contributed by atoms with Crippen LogP contribution in [0.2, 0.25) is 0 Å². The van der Waals surface area contributed by atoms with Crippen LogP contribution in [0.5, 0.6) is 0 Å². The van der Waals surface area contributed by atoms with Crippen molar-refractivity contribution in [2.24, 2.45) is 11.8 Å². The number of hydrogen-bond donors (Lipinski definition) is 0. The van der Waals surface area contributed by atoms with Crippen LogP contribution in [0.25, 0.3) is 0 Å². The molecule has 3 heteroatoms. The number of carbonyl (C=O) groups is 1. The maximum absolute atomic E-state index is 11.7. The van der Waals surface area contributed by atoms with Gasteiger partial charge in [-0.25, -0.2) is 0 Å². The molecule has 1 amide bonds. The van der Waals surface area contributed by atoms with Gasteiger partial charge in [-0.1, -0.05) is 6.58 Å². The van der Waals surface area contributed by atoms with Crippen LogP contribution in [0, 0.1) is 11.8 Å². The molecule has 1 aliphatic heterocycles. The van der Waals surface area contributed by atoms with Gasteiger partial charge < -0.3 is 9.64 Å². The first kappa shape index (κ1) is 10.3. The standard InChI is InChI=1S/C13H19NO2/c1-2-12(15)14-7-8-16-13(9-14,10-3-4-10)11-5-6-11/h2,10-11H,1,3-9H2. The third-order valence-corrected chi connectivity index (χ3v) is 4.19. The van der Waals surface area contributed by atoms with Crippen molar-refractivity contribution in [2.45, 2.75) is 31.3 Å². The highest BCUT2D eigenvalue weighted by Crippen LogP contribution is 2.55. The molecular formula is C13H19NO2. The maximum atomic E-state index is 11.7. The van der Waals surface area contributed by atoms with E-state index in [0.29, 0.717) is 18.4 Å². The maximum Gasteiger partial charge on any atom is 0.246 e. The van der Waals surface area contributed by atoms with E-state index in [9.17, 15) is 4.79 Å². The molecule has 2 aliphatic carbocycles. The summed E-state index contributed by atoms with van der Waals surface area (Å²) in [6, 6.07) is 0. The van der Waals surface area contributed by atoms with Crippen LogP contribution in [0.1, 0.15) is 25.7 Å². The number of morpholine rings is 1. The van der Waals surface area contributed by atoms with Gasteiger partial charge in [0.2, 0.25) is 5.91 Å². The molecule has 0 spiro atoms. The summed E-state index contributed by atoms with van der Waals surface area (Å²) < 4.78 is 6.11. The van der Waals surface area contributed by atoms with Crippen molar-refractivity contribution in [3.05, 3.63) is 12.7 Å². The third kappa shape index (κ3) is 1.58. The summed E-state index contributed by atoms with van der Waals surface area (Å²) in [4.78, 5) is 13.6. The molecule has 1 saturated heterocycles. The fourth-order valence-electron chi connectivity index (χ4n) is 3.06. The lowest BCUT2D eigenvalue weighted by Gasteiger charge is -2.43. The van der Waals surface area contributed by atoms with Gasteiger partial charge in [0, 0.05) is 6.54 Å². The molecule has 0 unspecified atom stereocenters. The van der Waals surface area contributed by atoms with Gasteiger partial charge in [-0.2, -0.15) is 0 Å². The van der Waals surface area contributed by atoms with Crippen molar-refractivity contribution in [1.29, 1.82) is 0 Å². The van der Waals surface area contributed by atoms with Gasteiger partial charge in [0.1, 0.15) is 0 Å². The summed E-state index contributed by atoms with van der Waals surface area (Å²) in [7, 11) is 0. The molecule has 0 aromatic heterocycles. The van der Waals surface area contributed by atoms with E-state index in [4.69, 9.17) is 4.74 Å². The molecular weight excluding hydrogens is 202 g/mol. The highest BCUT2D eigenvalue weighted by molar-refractivity contribution is 5.87. The van der Waals surface area contributed by atoms with Gasteiger partial charge in [-0.05, 0) is 43.6 Å². The Morgan fingerprint density at radius 2 is 1.94 bits per heavy atom. The zero-order chi connectivity index (χ0) is 11.2. The Morgan fingerprint density at radius 1 is 1.31 bits per heavy atom. The van der Waals surface area contributed by atoms with Crippen LogP contribution in [-0.2, 0) is 9.53 Å². The van der Waals surface area contributed by atoms with Crippen molar-refractivity contribution in [3.63, 3.8) is 0 Å². The Bertz CT molecular complexity index is 306. The molecule has 0 N–H and O–H groups in total. The zero-order valence-electron chi connectivity index (χ0n) is 9.65. The monoisotopic (exact) mass is 221 g/mol. The van der Waals surface area contributed by atoms with E-state index in [-0.39, 0.29) is 11.5 Å². The van der Waals surface area contributed by atoms with E-state index in [0.717, 1.165) is 13.1 Å². The number of nitrogens with zero attached hydrogens (tertiary/aromatic N) is 1. The van der Waals surface area contributed by atoms with E-state index < -0.39 is 0 Å². The first-order chi connectivity index (χ1) is 7.76. The van der Waals surface area contributed by atoms with Gasteiger partial charge in [0.15, 0.2) is 0 Å². The average molecular weight is 221 g/mol. The quantitative estimate of drug-likeness (QED) is 0.677. The van der Waals surface area contributed by atoms with Gasteiger partial charge >= 0.3 is 0 Å². The van der Waals surface area contributed by atoms with Crippen LogP contribution >= 0.6 is 0 Å². The summed E-state index contributed by atoms with van der Waals surface area (Å²) in [5.74, 6) is 1.48. The number of carbonyl (C=O) groups excluding carboxylic acids is 1. The second-order valence-corrected chi connectivity index (χ2v) is 5.32. The molecule has 0 atom stereocenters. The molecule has 0 bridgehead atoms. The van der Waals surface area contributed by atoms with Crippen molar-refractivity contribution in [1.82, 2.24) is 4.90 Å². The van der Waals surface area contributed by atoms with E-state index in [1.165, 1.54) is 31.8 Å². The number of amides is 1. The summed E-state index contributed by atoms with van der Waals surface area (Å²) in [6.07, 6.45) is 6.56. The van der Waals surface area contributed by atoms with Crippen molar-refractivity contribution in [3.8, 4) is 0 Å². The van der Waals surface area contributed by atoms with E-state index >= 15 is 0 Å². The van der Waals surface area contributed by atoms with E-state index in [1.807, 2.05) is 4.90 Å². The topological polar surface area (TPSA) is 29.5 Å². The Morgan fingerprint density at radius 3 is 2.44 bits per heavy atom. The minimum atomic E-state index is 0.0108. The smallest absolute Gasteiger partial charge is 0.246 e. The lowest BCUT2D eigenvalue weighted by atomic mass is 9.89. The third-order valence-electron chi connectivity index (χ3n) is 4.19. The van der Waals surface area contributed by atoms with Crippen LogP contribution in [0.15, 0.2) is 12.7 Å². The van der Waals surface area contributed by atoms with Crippen LogP contribution in [0.4, 0.5) is 0 Å². The Hall–Kier alpha value is -0.830.